The minimum atomic E-state index is -3.95. The number of aldehydes is 1. The van der Waals surface area contributed by atoms with Gasteiger partial charge >= 0.3 is 0 Å². The lowest BCUT2D eigenvalue weighted by Crippen LogP contribution is -2.04. The Kier molecular flexibility index (Phi) is 3.24. The second kappa shape index (κ2) is 3.48. The van der Waals surface area contributed by atoms with Crippen molar-refractivity contribution in [3.8, 4) is 0 Å². The molecule has 0 aromatic heterocycles. The van der Waals surface area contributed by atoms with Gasteiger partial charge in [0.15, 0.2) is 0 Å². The van der Waals surface area contributed by atoms with Gasteiger partial charge < -0.3 is 0 Å². The Morgan fingerprint density at radius 3 is 2.40 bits per heavy atom. The molecule has 0 fully saturated rings. The van der Waals surface area contributed by atoms with Gasteiger partial charge in [-0.2, -0.15) is 8.42 Å². The maximum absolute atomic E-state index is 10.1. The predicted octanol–water partition coefficient (Wildman–Crippen LogP) is 0.0194. The molecule has 0 spiro atoms. The molecule has 0 saturated heterocycles. The first-order valence-corrected chi connectivity index (χ1v) is 4.15. The first-order valence-electron chi connectivity index (χ1n) is 2.54. The Morgan fingerprint density at radius 2 is 2.10 bits per heavy atom. The van der Waals surface area contributed by atoms with Crippen LogP contribution in [0.4, 0.5) is 0 Å². The number of hydrogen-bond acceptors (Lipinski definition) is 3. The first kappa shape index (κ1) is 9.32. The minimum absolute atomic E-state index is 0.0116. The fraction of sp³-hybridized carbons (Fsp3) is 0.400. The van der Waals surface area contributed by atoms with E-state index >= 15 is 0 Å². The fourth-order valence-corrected chi connectivity index (χ4v) is 0.839. The van der Waals surface area contributed by atoms with Crippen LogP contribution < -0.4 is 0 Å². The van der Waals surface area contributed by atoms with Crippen molar-refractivity contribution in [1.82, 2.24) is 0 Å². The summed E-state index contributed by atoms with van der Waals surface area (Å²) in [6.07, 6.45) is 0.452. The van der Waals surface area contributed by atoms with Gasteiger partial charge in [-0.1, -0.05) is 6.58 Å². The predicted molar refractivity (Wildman–Crippen MR) is 36.2 cm³/mol. The van der Waals surface area contributed by atoms with Crippen molar-refractivity contribution < 1.29 is 17.8 Å². The molecular formula is C5H8O4S. The second-order valence-corrected chi connectivity index (χ2v) is 3.38. The van der Waals surface area contributed by atoms with Gasteiger partial charge in [0.05, 0.1) is 5.75 Å². The third kappa shape index (κ3) is 5.46. The molecule has 0 saturated carbocycles. The van der Waals surface area contributed by atoms with Crippen LogP contribution in [0.25, 0.3) is 0 Å². The van der Waals surface area contributed by atoms with Gasteiger partial charge in [0, 0.05) is 0 Å². The zero-order chi connectivity index (χ0) is 8.20. The summed E-state index contributed by atoms with van der Waals surface area (Å²) in [6, 6.07) is 0. The highest BCUT2D eigenvalue weighted by Gasteiger charge is 2.04. The Balaban J connectivity index is 3.78. The molecule has 0 amide bonds. The largest absolute Gasteiger partial charge is 0.298 e. The van der Waals surface area contributed by atoms with E-state index in [4.69, 9.17) is 4.55 Å². The van der Waals surface area contributed by atoms with E-state index in [-0.39, 0.29) is 12.0 Å². The maximum atomic E-state index is 10.1. The van der Waals surface area contributed by atoms with Gasteiger partial charge in [0.25, 0.3) is 10.1 Å². The van der Waals surface area contributed by atoms with E-state index in [2.05, 4.69) is 6.58 Å². The molecular weight excluding hydrogens is 156 g/mol. The van der Waals surface area contributed by atoms with Gasteiger partial charge in [-0.25, -0.2) is 0 Å². The van der Waals surface area contributed by atoms with E-state index in [1.807, 2.05) is 0 Å². The average molecular weight is 164 g/mol. The van der Waals surface area contributed by atoms with Crippen molar-refractivity contribution in [3.05, 3.63) is 12.2 Å². The number of hydrogen-bond donors (Lipinski definition) is 1. The second-order valence-electron chi connectivity index (χ2n) is 1.81. The molecule has 0 aliphatic rings. The summed E-state index contributed by atoms with van der Waals surface area (Å²) < 4.78 is 28.3. The first-order chi connectivity index (χ1) is 4.45. The number of carbonyl (C=O) groups excluding carboxylic acids is 1. The molecule has 0 heterocycles. The minimum Gasteiger partial charge on any atom is -0.298 e. The highest BCUT2D eigenvalue weighted by atomic mass is 32.2. The third-order valence-electron chi connectivity index (χ3n) is 0.848. The van der Waals surface area contributed by atoms with Crippen molar-refractivity contribution in [1.29, 1.82) is 0 Å². The summed E-state index contributed by atoms with van der Waals surface area (Å²) in [4.78, 5) is 9.85. The Labute approximate surface area is 59.3 Å². The van der Waals surface area contributed by atoms with Crippen LogP contribution in [0.1, 0.15) is 6.42 Å². The molecule has 0 unspecified atom stereocenters. The quantitative estimate of drug-likeness (QED) is 0.361. The van der Waals surface area contributed by atoms with Crippen LogP contribution in [0, 0.1) is 0 Å². The van der Waals surface area contributed by atoms with Crippen molar-refractivity contribution in [2.24, 2.45) is 0 Å². The molecule has 10 heavy (non-hydrogen) atoms. The van der Waals surface area contributed by atoms with Gasteiger partial charge in [0.2, 0.25) is 0 Å². The smallest absolute Gasteiger partial charge is 0.265 e. The van der Waals surface area contributed by atoms with Crippen LogP contribution in [0.15, 0.2) is 12.2 Å². The monoisotopic (exact) mass is 164 g/mol. The van der Waals surface area contributed by atoms with Crippen LogP contribution in [-0.2, 0) is 14.9 Å². The van der Waals surface area contributed by atoms with E-state index in [0.29, 0.717) is 6.29 Å². The summed E-state index contributed by atoms with van der Waals surface area (Å²) in [7, 11) is -3.95. The van der Waals surface area contributed by atoms with E-state index in [1.54, 1.807) is 0 Å². The molecule has 4 nitrogen and oxygen atoms in total. The van der Waals surface area contributed by atoms with Crippen LogP contribution in [0.5, 0.6) is 0 Å². The maximum Gasteiger partial charge on any atom is 0.265 e. The molecule has 1 N–H and O–H groups in total. The van der Waals surface area contributed by atoms with Crippen LogP contribution in [0.3, 0.4) is 0 Å². The lowest BCUT2D eigenvalue weighted by Gasteiger charge is -1.93. The van der Waals surface area contributed by atoms with E-state index in [9.17, 15) is 13.2 Å². The normalized spacial score (nSPS) is 10.9. The molecule has 0 radical (unpaired) electrons. The standard InChI is InChI=1S/C5H8O4S/c1-5(4-6)2-3-10(7,8)9/h4H,1-3H2,(H,7,8,9). The fourth-order valence-electron chi connectivity index (χ4n) is 0.319. The Bertz CT molecular complexity index is 226. The summed E-state index contributed by atoms with van der Waals surface area (Å²) in [5.41, 5.74) is 0.164. The van der Waals surface area contributed by atoms with E-state index in [0.717, 1.165) is 0 Å². The van der Waals surface area contributed by atoms with Crippen LogP contribution in [-0.4, -0.2) is 25.0 Å². The molecule has 0 aliphatic carbocycles. The SMILES string of the molecule is C=C(C=O)CCS(=O)(=O)O. The molecule has 5 heteroatoms. The lowest BCUT2D eigenvalue weighted by molar-refractivity contribution is -0.105. The van der Waals surface area contributed by atoms with Crippen molar-refractivity contribution >= 4 is 16.4 Å². The molecule has 0 aromatic rings. The summed E-state index contributed by atoms with van der Waals surface area (Å²) in [5, 5.41) is 0. The number of rotatable bonds is 4. The molecule has 0 atom stereocenters. The molecule has 0 rings (SSSR count). The van der Waals surface area contributed by atoms with Crippen molar-refractivity contribution in [3.63, 3.8) is 0 Å². The van der Waals surface area contributed by atoms with Gasteiger partial charge in [-0.15, -0.1) is 0 Å². The average Bonchev–Trinajstić information content (AvgIpc) is 1.81. The van der Waals surface area contributed by atoms with E-state index < -0.39 is 15.9 Å². The molecule has 0 aromatic carbocycles. The van der Waals surface area contributed by atoms with Crippen LogP contribution in [0.2, 0.25) is 0 Å². The lowest BCUT2D eigenvalue weighted by atomic mass is 10.3. The zero-order valence-electron chi connectivity index (χ0n) is 5.28. The molecule has 0 aliphatic heterocycles. The van der Waals surface area contributed by atoms with Crippen molar-refractivity contribution in [2.45, 2.75) is 6.42 Å². The van der Waals surface area contributed by atoms with Crippen molar-refractivity contribution in [2.75, 3.05) is 5.75 Å². The number of allylic oxidation sites excluding steroid dienone is 1. The highest BCUT2D eigenvalue weighted by molar-refractivity contribution is 7.85. The Hall–Kier alpha value is -0.680. The van der Waals surface area contributed by atoms with Crippen LogP contribution >= 0.6 is 0 Å². The summed E-state index contributed by atoms with van der Waals surface area (Å²) in [5.74, 6) is -0.440. The number of carbonyl (C=O) groups is 1. The van der Waals surface area contributed by atoms with E-state index in [1.165, 1.54) is 0 Å². The molecule has 0 bridgehead atoms. The summed E-state index contributed by atoms with van der Waals surface area (Å²) >= 11 is 0. The zero-order valence-corrected chi connectivity index (χ0v) is 6.10. The topological polar surface area (TPSA) is 71.4 Å². The Morgan fingerprint density at radius 1 is 1.60 bits per heavy atom. The summed E-state index contributed by atoms with van der Waals surface area (Å²) in [6.45, 7) is 3.23. The molecule has 58 valence electrons. The van der Waals surface area contributed by atoms with Gasteiger partial charge in [0.1, 0.15) is 6.29 Å². The van der Waals surface area contributed by atoms with Gasteiger partial charge in [-0.05, 0) is 12.0 Å². The van der Waals surface area contributed by atoms with Gasteiger partial charge in [-0.3, -0.25) is 9.35 Å². The third-order valence-corrected chi connectivity index (χ3v) is 1.57. The highest BCUT2D eigenvalue weighted by Crippen LogP contribution is 1.96.